The second-order valence-corrected chi connectivity index (χ2v) is 6.92. The average Bonchev–Trinajstić information content (AvgIpc) is 3.06. The molecule has 1 amide bonds. The monoisotopic (exact) mass is 391 g/mol. The lowest BCUT2D eigenvalue weighted by atomic mass is 9.86. The van der Waals surface area contributed by atoms with Crippen LogP contribution in [0.1, 0.15) is 36.2 Å². The molecule has 1 saturated carbocycles. The number of carboxylic acids is 1. The summed E-state index contributed by atoms with van der Waals surface area (Å²) in [5, 5.41) is 12.0. The molecule has 0 aliphatic heterocycles. The van der Waals surface area contributed by atoms with E-state index < -0.39 is 5.97 Å². The van der Waals surface area contributed by atoms with Crippen LogP contribution in [0.3, 0.4) is 0 Å². The number of aromatic nitrogens is 2. The standard InChI is InChI=1S/C17H18BrN3O3/c18-12-3-7-14(8-4-12)21-9-15(19-10-21)16(22)20-13-5-1-11(2-6-13)17(23)24/h3-4,7-11,13H,1-2,5-6H2,(H,20,22)(H,23,24). The molecule has 1 fully saturated rings. The van der Waals surface area contributed by atoms with Gasteiger partial charge < -0.3 is 15.0 Å². The summed E-state index contributed by atoms with van der Waals surface area (Å²) in [6.45, 7) is 0. The number of benzene rings is 1. The molecule has 126 valence electrons. The lowest BCUT2D eigenvalue weighted by Crippen LogP contribution is -2.38. The fourth-order valence-corrected chi connectivity index (χ4v) is 3.20. The number of carboxylic acid groups (broad SMARTS) is 1. The molecule has 24 heavy (non-hydrogen) atoms. The first-order chi connectivity index (χ1) is 11.5. The van der Waals surface area contributed by atoms with Crippen LogP contribution in [-0.2, 0) is 4.79 Å². The predicted molar refractivity (Wildman–Crippen MR) is 92.1 cm³/mol. The van der Waals surface area contributed by atoms with Crippen molar-refractivity contribution >= 4 is 27.8 Å². The van der Waals surface area contributed by atoms with Crippen LogP contribution in [0.5, 0.6) is 0 Å². The lowest BCUT2D eigenvalue weighted by molar-refractivity contribution is -0.142. The molecular weight excluding hydrogens is 374 g/mol. The number of aliphatic carboxylic acids is 1. The van der Waals surface area contributed by atoms with Gasteiger partial charge >= 0.3 is 5.97 Å². The summed E-state index contributed by atoms with van der Waals surface area (Å²) in [7, 11) is 0. The molecule has 0 unspecified atom stereocenters. The van der Waals surface area contributed by atoms with Crippen molar-refractivity contribution in [2.75, 3.05) is 0 Å². The van der Waals surface area contributed by atoms with Gasteiger partial charge in [-0.1, -0.05) is 15.9 Å². The van der Waals surface area contributed by atoms with Gasteiger partial charge in [0.1, 0.15) is 12.0 Å². The molecular formula is C17H18BrN3O3. The number of carbonyl (C=O) groups excluding carboxylic acids is 1. The molecule has 1 aromatic heterocycles. The van der Waals surface area contributed by atoms with Crippen LogP contribution >= 0.6 is 15.9 Å². The quantitative estimate of drug-likeness (QED) is 0.838. The van der Waals surface area contributed by atoms with Gasteiger partial charge in [-0.15, -0.1) is 0 Å². The number of amides is 1. The highest BCUT2D eigenvalue weighted by molar-refractivity contribution is 9.10. The van der Waals surface area contributed by atoms with E-state index in [2.05, 4.69) is 26.2 Å². The average molecular weight is 392 g/mol. The highest BCUT2D eigenvalue weighted by Gasteiger charge is 2.27. The molecule has 2 N–H and O–H groups in total. The Balaban J connectivity index is 1.60. The van der Waals surface area contributed by atoms with Crippen molar-refractivity contribution in [3.63, 3.8) is 0 Å². The van der Waals surface area contributed by atoms with Crippen molar-refractivity contribution in [3.05, 3.63) is 47.0 Å². The summed E-state index contributed by atoms with van der Waals surface area (Å²) in [5.74, 6) is -1.24. The Morgan fingerprint density at radius 2 is 1.83 bits per heavy atom. The van der Waals surface area contributed by atoms with Crippen LogP contribution < -0.4 is 5.32 Å². The smallest absolute Gasteiger partial charge is 0.306 e. The fourth-order valence-electron chi connectivity index (χ4n) is 2.94. The SMILES string of the molecule is O=C(NC1CCC(C(=O)O)CC1)c1cn(-c2ccc(Br)cc2)cn1. The maximum Gasteiger partial charge on any atom is 0.306 e. The molecule has 2 aromatic rings. The van der Waals surface area contributed by atoms with E-state index in [0.29, 0.717) is 31.4 Å². The van der Waals surface area contributed by atoms with Crippen molar-refractivity contribution in [2.24, 2.45) is 5.92 Å². The van der Waals surface area contributed by atoms with Crippen LogP contribution in [0.4, 0.5) is 0 Å². The number of nitrogens with one attached hydrogen (secondary N) is 1. The normalized spacial score (nSPS) is 20.5. The zero-order valence-electron chi connectivity index (χ0n) is 13.0. The number of hydrogen-bond donors (Lipinski definition) is 2. The first kappa shape index (κ1) is 16.7. The second-order valence-electron chi connectivity index (χ2n) is 6.00. The van der Waals surface area contributed by atoms with Gasteiger partial charge in [-0.3, -0.25) is 9.59 Å². The number of carbonyl (C=O) groups is 2. The molecule has 0 spiro atoms. The third kappa shape index (κ3) is 3.84. The zero-order chi connectivity index (χ0) is 17.1. The van der Waals surface area contributed by atoms with E-state index in [0.717, 1.165) is 10.2 Å². The van der Waals surface area contributed by atoms with Crippen LogP contribution in [0.2, 0.25) is 0 Å². The number of imidazole rings is 1. The number of halogens is 1. The van der Waals surface area contributed by atoms with Crippen molar-refractivity contribution < 1.29 is 14.7 Å². The molecule has 0 radical (unpaired) electrons. The lowest BCUT2D eigenvalue weighted by Gasteiger charge is -2.26. The Morgan fingerprint density at radius 1 is 1.17 bits per heavy atom. The summed E-state index contributed by atoms with van der Waals surface area (Å²) in [6.07, 6.45) is 5.90. The van der Waals surface area contributed by atoms with Crippen LogP contribution in [0.25, 0.3) is 5.69 Å². The minimum atomic E-state index is -0.743. The molecule has 3 rings (SSSR count). The first-order valence-corrected chi connectivity index (χ1v) is 8.66. The van der Waals surface area contributed by atoms with E-state index in [1.54, 1.807) is 17.1 Å². The van der Waals surface area contributed by atoms with Gasteiger partial charge in [0.25, 0.3) is 5.91 Å². The van der Waals surface area contributed by atoms with Gasteiger partial charge in [0.15, 0.2) is 0 Å². The molecule has 0 saturated heterocycles. The van der Waals surface area contributed by atoms with Crippen LogP contribution in [0.15, 0.2) is 41.3 Å². The number of rotatable bonds is 4. The zero-order valence-corrected chi connectivity index (χ0v) is 14.6. The van der Waals surface area contributed by atoms with Crippen molar-refractivity contribution in [1.29, 1.82) is 0 Å². The van der Waals surface area contributed by atoms with Gasteiger partial charge in [0.05, 0.1) is 5.92 Å². The highest BCUT2D eigenvalue weighted by Crippen LogP contribution is 2.24. The van der Waals surface area contributed by atoms with Crippen molar-refractivity contribution in [2.45, 2.75) is 31.7 Å². The predicted octanol–water partition coefficient (Wildman–Crippen LogP) is 3.01. The fraction of sp³-hybridized carbons (Fsp3) is 0.353. The molecule has 1 heterocycles. The van der Waals surface area contributed by atoms with Crippen molar-refractivity contribution in [3.8, 4) is 5.69 Å². The van der Waals surface area contributed by atoms with E-state index in [1.807, 2.05) is 24.3 Å². The van der Waals surface area contributed by atoms with E-state index in [1.165, 1.54) is 0 Å². The van der Waals surface area contributed by atoms with E-state index in [4.69, 9.17) is 5.11 Å². The Morgan fingerprint density at radius 3 is 2.46 bits per heavy atom. The van der Waals surface area contributed by atoms with Gasteiger partial charge in [0.2, 0.25) is 0 Å². The Bertz CT molecular complexity index is 734. The van der Waals surface area contributed by atoms with Crippen LogP contribution in [-0.4, -0.2) is 32.6 Å². The topological polar surface area (TPSA) is 84.2 Å². The Labute approximate surface area is 148 Å². The maximum absolute atomic E-state index is 12.3. The van der Waals surface area contributed by atoms with E-state index >= 15 is 0 Å². The third-order valence-electron chi connectivity index (χ3n) is 4.35. The highest BCUT2D eigenvalue weighted by atomic mass is 79.9. The van der Waals surface area contributed by atoms with Crippen molar-refractivity contribution in [1.82, 2.24) is 14.9 Å². The summed E-state index contributed by atoms with van der Waals surface area (Å²) in [6, 6.07) is 7.73. The Kier molecular flexibility index (Phi) is 4.99. The minimum absolute atomic E-state index is 0.0194. The summed E-state index contributed by atoms with van der Waals surface area (Å²) in [4.78, 5) is 27.4. The molecule has 0 bridgehead atoms. The third-order valence-corrected chi connectivity index (χ3v) is 4.88. The van der Waals surface area contributed by atoms with Crippen LogP contribution in [0, 0.1) is 5.92 Å². The molecule has 1 aliphatic rings. The molecule has 0 atom stereocenters. The molecule has 7 heteroatoms. The summed E-state index contributed by atoms with van der Waals surface area (Å²) < 4.78 is 2.78. The number of nitrogens with zero attached hydrogens (tertiary/aromatic N) is 2. The van der Waals surface area contributed by atoms with Gasteiger partial charge in [-0.25, -0.2) is 4.98 Å². The molecule has 1 aliphatic carbocycles. The maximum atomic E-state index is 12.3. The molecule has 1 aromatic carbocycles. The van der Waals surface area contributed by atoms with E-state index in [-0.39, 0.29) is 17.9 Å². The minimum Gasteiger partial charge on any atom is -0.481 e. The van der Waals surface area contributed by atoms with Gasteiger partial charge in [0, 0.05) is 22.4 Å². The summed E-state index contributed by atoms with van der Waals surface area (Å²) in [5.41, 5.74) is 1.28. The summed E-state index contributed by atoms with van der Waals surface area (Å²) >= 11 is 3.39. The van der Waals surface area contributed by atoms with Gasteiger partial charge in [-0.05, 0) is 49.9 Å². The Hall–Kier alpha value is -2.15. The largest absolute Gasteiger partial charge is 0.481 e. The van der Waals surface area contributed by atoms with E-state index in [9.17, 15) is 9.59 Å². The number of hydrogen-bond acceptors (Lipinski definition) is 3. The van der Waals surface area contributed by atoms with Gasteiger partial charge in [-0.2, -0.15) is 0 Å². The molecule has 6 nitrogen and oxygen atoms in total. The first-order valence-electron chi connectivity index (χ1n) is 7.86. The second kappa shape index (κ2) is 7.17.